The van der Waals surface area contributed by atoms with Crippen molar-refractivity contribution in [3.63, 3.8) is 0 Å². The van der Waals surface area contributed by atoms with Crippen molar-refractivity contribution in [3.05, 3.63) is 0 Å². The SMILES string of the molecule is CCCS(=O)(=O)N(C)C(C)CS(=O)(=O)OCC. The fourth-order valence-corrected chi connectivity index (χ4v) is 4.10. The fourth-order valence-electron chi connectivity index (χ4n) is 1.30. The van der Waals surface area contributed by atoms with Crippen LogP contribution in [0.2, 0.25) is 0 Å². The van der Waals surface area contributed by atoms with Crippen molar-refractivity contribution in [2.75, 3.05) is 25.2 Å². The zero-order valence-electron chi connectivity index (χ0n) is 10.7. The molecule has 0 saturated heterocycles. The summed E-state index contributed by atoms with van der Waals surface area (Å²) in [5, 5.41) is 0. The highest BCUT2D eigenvalue weighted by Crippen LogP contribution is 2.09. The van der Waals surface area contributed by atoms with Crippen molar-refractivity contribution < 1.29 is 21.0 Å². The minimum absolute atomic E-state index is 0.0164. The van der Waals surface area contributed by atoms with E-state index in [9.17, 15) is 16.8 Å². The van der Waals surface area contributed by atoms with E-state index in [1.807, 2.05) is 0 Å². The quantitative estimate of drug-likeness (QED) is 0.604. The number of hydrogen-bond donors (Lipinski definition) is 0. The molecule has 0 radical (unpaired) electrons. The van der Waals surface area contributed by atoms with Crippen LogP contribution < -0.4 is 0 Å². The molecule has 0 aromatic rings. The molecule has 104 valence electrons. The van der Waals surface area contributed by atoms with Crippen molar-refractivity contribution in [2.24, 2.45) is 0 Å². The first kappa shape index (κ1) is 16.8. The van der Waals surface area contributed by atoms with Gasteiger partial charge in [0.15, 0.2) is 0 Å². The molecule has 1 unspecified atom stereocenters. The van der Waals surface area contributed by atoms with E-state index in [2.05, 4.69) is 4.18 Å². The summed E-state index contributed by atoms with van der Waals surface area (Å²) in [6, 6.07) is -0.636. The molecule has 0 aliphatic rings. The predicted molar refractivity (Wildman–Crippen MR) is 66.7 cm³/mol. The number of rotatable bonds is 8. The van der Waals surface area contributed by atoms with Crippen LogP contribution >= 0.6 is 0 Å². The molecule has 0 spiro atoms. The van der Waals surface area contributed by atoms with Crippen LogP contribution in [0.3, 0.4) is 0 Å². The highest BCUT2D eigenvalue weighted by Gasteiger charge is 2.26. The van der Waals surface area contributed by atoms with E-state index in [-0.39, 0.29) is 18.1 Å². The second-order valence-electron chi connectivity index (χ2n) is 3.81. The van der Waals surface area contributed by atoms with E-state index in [1.54, 1.807) is 20.8 Å². The first-order chi connectivity index (χ1) is 7.66. The van der Waals surface area contributed by atoms with Gasteiger partial charge in [0.25, 0.3) is 10.1 Å². The van der Waals surface area contributed by atoms with Gasteiger partial charge in [-0.3, -0.25) is 4.18 Å². The maximum absolute atomic E-state index is 11.7. The molecule has 17 heavy (non-hydrogen) atoms. The largest absolute Gasteiger partial charge is 0.270 e. The predicted octanol–water partition coefficient (Wildman–Crippen LogP) is 0.413. The summed E-state index contributed by atoms with van der Waals surface area (Å²) in [6.45, 7) is 4.93. The van der Waals surface area contributed by atoms with Gasteiger partial charge < -0.3 is 0 Å². The second kappa shape index (κ2) is 6.67. The van der Waals surface area contributed by atoms with E-state index in [4.69, 9.17) is 0 Å². The second-order valence-corrected chi connectivity index (χ2v) is 7.64. The maximum atomic E-state index is 11.7. The lowest BCUT2D eigenvalue weighted by Gasteiger charge is -2.23. The Morgan fingerprint density at radius 3 is 2.12 bits per heavy atom. The molecular formula is C9H21NO5S2. The molecule has 0 bridgehead atoms. The van der Waals surface area contributed by atoms with Crippen LogP contribution in [-0.2, 0) is 24.3 Å². The fraction of sp³-hybridized carbons (Fsp3) is 1.00. The zero-order valence-corrected chi connectivity index (χ0v) is 12.3. The summed E-state index contributed by atoms with van der Waals surface area (Å²) in [5.74, 6) is -0.317. The van der Waals surface area contributed by atoms with Gasteiger partial charge in [0.1, 0.15) is 0 Å². The van der Waals surface area contributed by atoms with Crippen molar-refractivity contribution in [1.29, 1.82) is 0 Å². The average molecular weight is 287 g/mol. The third kappa shape index (κ3) is 5.80. The Hall–Kier alpha value is -0.180. The first-order valence-corrected chi connectivity index (χ1v) is 8.67. The van der Waals surface area contributed by atoms with Crippen LogP contribution in [0.25, 0.3) is 0 Å². The summed E-state index contributed by atoms with van der Waals surface area (Å²) in [5.41, 5.74) is 0. The normalized spacial score (nSPS) is 15.1. The topological polar surface area (TPSA) is 80.8 Å². The van der Waals surface area contributed by atoms with Crippen LogP contribution in [0.5, 0.6) is 0 Å². The molecule has 0 saturated carbocycles. The van der Waals surface area contributed by atoms with Gasteiger partial charge >= 0.3 is 0 Å². The van der Waals surface area contributed by atoms with Gasteiger partial charge in [-0.1, -0.05) is 6.92 Å². The molecule has 1 atom stereocenters. The van der Waals surface area contributed by atoms with Gasteiger partial charge in [-0.15, -0.1) is 0 Å². The van der Waals surface area contributed by atoms with E-state index in [1.165, 1.54) is 7.05 Å². The summed E-state index contributed by atoms with van der Waals surface area (Å²) in [4.78, 5) is 0. The summed E-state index contributed by atoms with van der Waals surface area (Å²) >= 11 is 0. The molecular weight excluding hydrogens is 266 g/mol. The molecule has 8 heteroatoms. The lowest BCUT2D eigenvalue weighted by molar-refractivity contribution is 0.327. The van der Waals surface area contributed by atoms with Gasteiger partial charge in [-0.2, -0.15) is 8.42 Å². The highest BCUT2D eigenvalue weighted by molar-refractivity contribution is 7.89. The number of nitrogens with zero attached hydrogens (tertiary/aromatic N) is 1. The van der Waals surface area contributed by atoms with Crippen molar-refractivity contribution in [3.8, 4) is 0 Å². The Labute approximate surface area is 104 Å². The van der Waals surface area contributed by atoms with Crippen molar-refractivity contribution >= 4 is 20.1 Å². The van der Waals surface area contributed by atoms with Crippen molar-refractivity contribution in [2.45, 2.75) is 33.2 Å². The van der Waals surface area contributed by atoms with Crippen LogP contribution in [-0.4, -0.2) is 52.3 Å². The smallest absolute Gasteiger partial charge is 0.268 e. The van der Waals surface area contributed by atoms with Crippen LogP contribution in [0, 0.1) is 0 Å². The lowest BCUT2D eigenvalue weighted by atomic mass is 10.4. The molecule has 0 aromatic carbocycles. The Morgan fingerprint density at radius 2 is 1.71 bits per heavy atom. The first-order valence-electron chi connectivity index (χ1n) is 5.49. The van der Waals surface area contributed by atoms with Gasteiger partial charge in [0.05, 0.1) is 18.1 Å². The highest BCUT2D eigenvalue weighted by atomic mass is 32.2. The molecule has 0 fully saturated rings. The molecule has 0 aromatic heterocycles. The van der Waals surface area contributed by atoms with E-state index >= 15 is 0 Å². The third-order valence-corrected chi connectivity index (χ3v) is 5.91. The Kier molecular flexibility index (Phi) is 6.60. The standard InChI is InChI=1S/C9H21NO5S2/c1-5-7-16(11,12)10(4)9(3)8-17(13,14)15-6-2/h9H,5-8H2,1-4H3. The van der Waals surface area contributed by atoms with Gasteiger partial charge in [0.2, 0.25) is 10.0 Å². The summed E-state index contributed by atoms with van der Waals surface area (Å²) < 4.78 is 51.8. The molecule has 0 heterocycles. The van der Waals surface area contributed by atoms with Crippen LogP contribution in [0.4, 0.5) is 0 Å². The average Bonchev–Trinajstić information content (AvgIpc) is 2.15. The summed E-state index contributed by atoms with van der Waals surface area (Å²) in [7, 11) is -5.65. The van der Waals surface area contributed by atoms with Gasteiger partial charge in [0, 0.05) is 13.1 Å². The van der Waals surface area contributed by atoms with Gasteiger partial charge in [-0.25, -0.2) is 12.7 Å². The van der Waals surface area contributed by atoms with E-state index in [0.29, 0.717) is 6.42 Å². The van der Waals surface area contributed by atoms with Crippen LogP contribution in [0.15, 0.2) is 0 Å². The Bertz CT molecular complexity index is 415. The Morgan fingerprint density at radius 1 is 1.18 bits per heavy atom. The van der Waals surface area contributed by atoms with Gasteiger partial charge in [-0.05, 0) is 20.3 Å². The van der Waals surface area contributed by atoms with E-state index < -0.39 is 26.2 Å². The molecule has 0 rings (SSSR count). The minimum Gasteiger partial charge on any atom is -0.270 e. The third-order valence-electron chi connectivity index (χ3n) is 2.26. The summed E-state index contributed by atoms with van der Waals surface area (Å²) in [6.07, 6.45) is 0.498. The molecule has 0 aliphatic carbocycles. The van der Waals surface area contributed by atoms with E-state index in [0.717, 1.165) is 4.31 Å². The molecule has 0 aliphatic heterocycles. The number of hydrogen-bond acceptors (Lipinski definition) is 5. The zero-order chi connectivity index (χ0) is 13.7. The van der Waals surface area contributed by atoms with Crippen molar-refractivity contribution in [1.82, 2.24) is 4.31 Å². The number of sulfonamides is 1. The molecule has 6 nitrogen and oxygen atoms in total. The molecule has 0 amide bonds. The lowest BCUT2D eigenvalue weighted by Crippen LogP contribution is -2.40. The minimum atomic E-state index is -3.66. The Balaban J connectivity index is 4.68. The van der Waals surface area contributed by atoms with Crippen LogP contribution in [0.1, 0.15) is 27.2 Å². The maximum Gasteiger partial charge on any atom is 0.268 e. The monoisotopic (exact) mass is 287 g/mol. The molecule has 0 N–H and O–H groups in total.